The summed E-state index contributed by atoms with van der Waals surface area (Å²) in [6.45, 7) is 10.6. The van der Waals surface area contributed by atoms with Gasteiger partial charge in [0.25, 0.3) is 5.91 Å². The van der Waals surface area contributed by atoms with Crippen LogP contribution >= 0.6 is 0 Å². The van der Waals surface area contributed by atoms with E-state index in [1.165, 1.54) is 5.56 Å². The van der Waals surface area contributed by atoms with Gasteiger partial charge in [-0.3, -0.25) is 9.59 Å². The van der Waals surface area contributed by atoms with E-state index in [9.17, 15) is 9.59 Å². The Morgan fingerprint density at radius 3 is 2.17 bits per heavy atom. The van der Waals surface area contributed by atoms with Gasteiger partial charge in [-0.05, 0) is 49.9 Å². The van der Waals surface area contributed by atoms with Gasteiger partial charge in [0.1, 0.15) is 11.8 Å². The van der Waals surface area contributed by atoms with Gasteiger partial charge in [0, 0.05) is 13.1 Å². The second-order valence-electron chi connectivity index (χ2n) is 7.59. The van der Waals surface area contributed by atoms with Gasteiger partial charge >= 0.3 is 0 Å². The molecule has 156 valence electrons. The van der Waals surface area contributed by atoms with E-state index in [4.69, 9.17) is 4.74 Å². The number of nitrogens with one attached hydrogen (secondary N) is 1. The maximum absolute atomic E-state index is 12.9. The minimum Gasteiger partial charge on any atom is -0.484 e. The van der Waals surface area contributed by atoms with E-state index >= 15 is 0 Å². The van der Waals surface area contributed by atoms with Crippen LogP contribution in [0.3, 0.4) is 0 Å². The summed E-state index contributed by atoms with van der Waals surface area (Å²) in [7, 11) is 0. The van der Waals surface area contributed by atoms with Gasteiger partial charge < -0.3 is 15.0 Å². The highest BCUT2D eigenvalue weighted by atomic mass is 16.5. The van der Waals surface area contributed by atoms with Crippen LogP contribution < -0.4 is 10.1 Å². The van der Waals surface area contributed by atoms with Crippen LogP contribution in [0, 0.1) is 6.92 Å². The Bertz CT molecular complexity index is 798. The van der Waals surface area contributed by atoms with Crippen molar-refractivity contribution in [1.82, 2.24) is 10.2 Å². The number of likely N-dealkylation sites (N-methyl/N-ethyl adjacent to an activating group) is 1. The van der Waals surface area contributed by atoms with Crippen molar-refractivity contribution >= 4 is 11.8 Å². The first-order chi connectivity index (χ1) is 13.8. The Morgan fingerprint density at radius 1 is 1.00 bits per heavy atom. The van der Waals surface area contributed by atoms with Gasteiger partial charge in [-0.15, -0.1) is 0 Å². The fourth-order valence-electron chi connectivity index (χ4n) is 2.97. The van der Waals surface area contributed by atoms with E-state index in [1.54, 1.807) is 11.8 Å². The molecule has 0 aliphatic rings. The first-order valence-electron chi connectivity index (χ1n) is 10.2. The zero-order chi connectivity index (χ0) is 21.4. The summed E-state index contributed by atoms with van der Waals surface area (Å²) in [4.78, 5) is 26.9. The lowest BCUT2D eigenvalue weighted by molar-refractivity contribution is -0.142. The van der Waals surface area contributed by atoms with Gasteiger partial charge in [-0.25, -0.2) is 0 Å². The van der Waals surface area contributed by atoms with Crippen LogP contribution in [-0.4, -0.2) is 35.9 Å². The Morgan fingerprint density at radius 2 is 1.62 bits per heavy atom. The maximum Gasteiger partial charge on any atom is 0.261 e. The lowest BCUT2D eigenvalue weighted by Gasteiger charge is -2.28. The summed E-state index contributed by atoms with van der Waals surface area (Å²) in [6.07, 6.45) is 0. The van der Waals surface area contributed by atoms with Crippen molar-refractivity contribution in [2.24, 2.45) is 0 Å². The SMILES string of the molecule is CCNC(=O)[C@H](C)N(Cc1ccc(C)cc1)C(=O)COc1ccc(C(C)C)cc1. The van der Waals surface area contributed by atoms with Crippen molar-refractivity contribution in [2.75, 3.05) is 13.2 Å². The molecule has 0 fully saturated rings. The molecule has 0 bridgehead atoms. The molecule has 0 aliphatic carbocycles. The highest BCUT2D eigenvalue weighted by molar-refractivity contribution is 5.87. The lowest BCUT2D eigenvalue weighted by atomic mass is 10.0. The molecule has 2 aromatic carbocycles. The molecule has 5 nitrogen and oxygen atoms in total. The lowest BCUT2D eigenvalue weighted by Crippen LogP contribution is -2.49. The Kier molecular flexibility index (Phi) is 8.25. The minimum atomic E-state index is -0.587. The molecule has 1 N–H and O–H groups in total. The fraction of sp³-hybridized carbons (Fsp3) is 0.417. The molecule has 0 heterocycles. The molecular formula is C24H32N2O3. The number of ether oxygens (including phenoxy) is 1. The van der Waals surface area contributed by atoms with E-state index in [2.05, 4.69) is 19.2 Å². The second kappa shape index (κ2) is 10.6. The molecule has 29 heavy (non-hydrogen) atoms. The van der Waals surface area contributed by atoms with E-state index < -0.39 is 6.04 Å². The van der Waals surface area contributed by atoms with Gasteiger partial charge in [-0.1, -0.05) is 55.8 Å². The third-order valence-electron chi connectivity index (χ3n) is 4.90. The van der Waals surface area contributed by atoms with Crippen LogP contribution in [0.25, 0.3) is 0 Å². The molecule has 0 radical (unpaired) electrons. The summed E-state index contributed by atoms with van der Waals surface area (Å²) < 4.78 is 5.71. The normalized spacial score (nSPS) is 11.8. The zero-order valence-electron chi connectivity index (χ0n) is 18.1. The summed E-state index contributed by atoms with van der Waals surface area (Å²) >= 11 is 0. The van der Waals surface area contributed by atoms with Crippen LogP contribution in [0.5, 0.6) is 5.75 Å². The molecule has 0 aliphatic heterocycles. The first kappa shape index (κ1) is 22.5. The topological polar surface area (TPSA) is 58.6 Å². The molecule has 0 saturated heterocycles. The number of carbonyl (C=O) groups is 2. The van der Waals surface area contributed by atoms with Crippen LogP contribution in [0.1, 0.15) is 50.3 Å². The highest BCUT2D eigenvalue weighted by Crippen LogP contribution is 2.19. The quantitative estimate of drug-likeness (QED) is 0.696. The van der Waals surface area contributed by atoms with E-state index in [1.807, 2.05) is 62.4 Å². The molecule has 2 rings (SSSR count). The molecule has 0 saturated carbocycles. The predicted molar refractivity (Wildman–Crippen MR) is 116 cm³/mol. The Hall–Kier alpha value is -2.82. The predicted octanol–water partition coefficient (Wildman–Crippen LogP) is 4.05. The number of carbonyl (C=O) groups excluding carboxylic acids is 2. The molecule has 0 aromatic heterocycles. The van der Waals surface area contributed by atoms with Crippen molar-refractivity contribution in [2.45, 2.75) is 53.1 Å². The zero-order valence-corrected chi connectivity index (χ0v) is 18.1. The number of hydrogen-bond donors (Lipinski definition) is 1. The van der Waals surface area contributed by atoms with Gasteiger partial charge in [0.2, 0.25) is 5.91 Å². The van der Waals surface area contributed by atoms with Crippen molar-refractivity contribution < 1.29 is 14.3 Å². The second-order valence-corrected chi connectivity index (χ2v) is 7.59. The van der Waals surface area contributed by atoms with Gasteiger partial charge in [0.05, 0.1) is 0 Å². The smallest absolute Gasteiger partial charge is 0.261 e. The molecule has 2 aromatic rings. The molecule has 0 unspecified atom stereocenters. The number of hydrogen-bond acceptors (Lipinski definition) is 3. The number of nitrogens with zero attached hydrogens (tertiary/aromatic N) is 1. The Balaban J connectivity index is 2.10. The van der Waals surface area contributed by atoms with Crippen molar-refractivity contribution in [3.05, 3.63) is 65.2 Å². The molecular weight excluding hydrogens is 364 g/mol. The van der Waals surface area contributed by atoms with Crippen LogP contribution in [0.4, 0.5) is 0 Å². The monoisotopic (exact) mass is 396 g/mol. The number of amides is 2. The van der Waals surface area contributed by atoms with Gasteiger partial charge in [-0.2, -0.15) is 0 Å². The summed E-state index contributed by atoms with van der Waals surface area (Å²) in [5.41, 5.74) is 3.34. The van der Waals surface area contributed by atoms with Crippen molar-refractivity contribution in [1.29, 1.82) is 0 Å². The van der Waals surface area contributed by atoms with Crippen molar-refractivity contribution in [3.63, 3.8) is 0 Å². The van der Waals surface area contributed by atoms with Crippen LogP contribution in [-0.2, 0) is 16.1 Å². The van der Waals surface area contributed by atoms with E-state index in [-0.39, 0.29) is 18.4 Å². The minimum absolute atomic E-state index is 0.114. The number of aryl methyl sites for hydroxylation is 1. The van der Waals surface area contributed by atoms with Gasteiger partial charge in [0.15, 0.2) is 6.61 Å². The van der Waals surface area contributed by atoms with Crippen LogP contribution in [0.15, 0.2) is 48.5 Å². The first-order valence-corrected chi connectivity index (χ1v) is 10.2. The van der Waals surface area contributed by atoms with E-state index in [0.717, 1.165) is 11.1 Å². The van der Waals surface area contributed by atoms with Crippen LogP contribution in [0.2, 0.25) is 0 Å². The fourth-order valence-corrected chi connectivity index (χ4v) is 2.97. The molecule has 2 amide bonds. The summed E-state index contributed by atoms with van der Waals surface area (Å²) in [5, 5.41) is 2.79. The number of rotatable bonds is 9. The molecule has 0 spiro atoms. The third kappa shape index (κ3) is 6.63. The van der Waals surface area contributed by atoms with Crippen molar-refractivity contribution in [3.8, 4) is 5.75 Å². The molecule has 5 heteroatoms. The molecule has 1 atom stereocenters. The average molecular weight is 397 g/mol. The average Bonchev–Trinajstić information content (AvgIpc) is 2.71. The summed E-state index contributed by atoms with van der Waals surface area (Å²) in [6, 6.07) is 15.1. The van der Waals surface area contributed by atoms with E-state index in [0.29, 0.717) is 24.8 Å². The number of benzene rings is 2. The Labute approximate surface area is 174 Å². The maximum atomic E-state index is 12.9. The third-order valence-corrected chi connectivity index (χ3v) is 4.90. The standard InChI is InChI=1S/C24H32N2O3/c1-6-25-24(28)19(5)26(15-20-9-7-18(4)8-10-20)23(27)16-29-22-13-11-21(12-14-22)17(2)3/h7-14,17,19H,6,15-16H2,1-5H3,(H,25,28)/t19-/m0/s1. The highest BCUT2D eigenvalue weighted by Gasteiger charge is 2.26. The largest absolute Gasteiger partial charge is 0.484 e. The summed E-state index contributed by atoms with van der Waals surface area (Å²) in [5.74, 6) is 0.684.